The van der Waals surface area contributed by atoms with Crippen LogP contribution >= 0.6 is 0 Å². The van der Waals surface area contributed by atoms with Crippen molar-refractivity contribution in [3.63, 3.8) is 0 Å². The summed E-state index contributed by atoms with van der Waals surface area (Å²) in [4.78, 5) is 0. The summed E-state index contributed by atoms with van der Waals surface area (Å²) in [7, 11) is -0.511. The van der Waals surface area contributed by atoms with Crippen LogP contribution in [0.2, 0.25) is 19.6 Å². The Morgan fingerprint density at radius 1 is 0.406 bits per heavy atom. The first-order valence-electron chi connectivity index (χ1n) is 12.0. The van der Waals surface area contributed by atoms with Gasteiger partial charge in [-0.05, 0) is 29.2 Å². The van der Waals surface area contributed by atoms with Gasteiger partial charge in [-0.2, -0.15) is 0 Å². The Morgan fingerprint density at radius 3 is 0.906 bits per heavy atom. The number of hydrogen-bond acceptors (Lipinski definition) is 0. The highest BCUT2D eigenvalue weighted by atomic mass is 28.2. The van der Waals surface area contributed by atoms with Crippen LogP contribution in [0.1, 0.15) is 27.8 Å². The molecular formula is C29H34Si3. The Morgan fingerprint density at radius 2 is 0.656 bits per heavy atom. The second kappa shape index (κ2) is 9.99. The topological polar surface area (TPSA) is 0 Å². The van der Waals surface area contributed by atoms with Crippen molar-refractivity contribution in [3.05, 3.63) is 125 Å². The van der Waals surface area contributed by atoms with E-state index in [1.54, 1.807) is 0 Å². The van der Waals surface area contributed by atoms with Crippen molar-refractivity contribution >= 4 is 44.1 Å². The smallest absolute Gasteiger partial charge is 0.0701 e. The van der Waals surface area contributed by atoms with Gasteiger partial charge in [0.15, 0.2) is 0 Å². The quantitative estimate of drug-likeness (QED) is 0.290. The third kappa shape index (κ3) is 4.25. The van der Waals surface area contributed by atoms with Crippen LogP contribution in [0.15, 0.2) is 97.1 Å². The van der Waals surface area contributed by atoms with Crippen molar-refractivity contribution in [2.45, 2.75) is 32.0 Å². The standard InChI is InChI=1S/C29H34Si3/c1-21-5-7-22(8-6-21)29(23-9-15-26(30-2)16-10-23,24-11-17-27(31-3)18-12-24)25-13-19-28(32-4)20-14-25/h5-20H,30-32H2,1-4H3. The molecule has 4 aromatic rings. The Bertz CT molecular complexity index is 1030. The number of benzene rings is 4. The van der Waals surface area contributed by atoms with Crippen LogP contribution in [-0.2, 0) is 5.41 Å². The van der Waals surface area contributed by atoms with E-state index in [1.807, 2.05) is 0 Å². The largest absolute Gasteiger partial charge is 0.0708 e. The number of rotatable bonds is 7. The minimum absolute atomic E-state index is 0.170. The Hall–Kier alpha value is -2.47. The van der Waals surface area contributed by atoms with E-state index in [0.717, 1.165) is 0 Å². The Kier molecular flexibility index (Phi) is 7.09. The van der Waals surface area contributed by atoms with Gasteiger partial charge in [0, 0.05) is 0 Å². The maximum Gasteiger partial charge on any atom is 0.0701 e. The highest BCUT2D eigenvalue weighted by molar-refractivity contribution is 6.52. The van der Waals surface area contributed by atoms with Gasteiger partial charge in [-0.15, -0.1) is 0 Å². The van der Waals surface area contributed by atoms with E-state index in [9.17, 15) is 0 Å². The fourth-order valence-corrected chi connectivity index (χ4v) is 6.90. The van der Waals surface area contributed by atoms with Gasteiger partial charge in [-0.1, -0.05) is 138 Å². The maximum atomic E-state index is 2.39. The molecule has 0 saturated carbocycles. The molecule has 0 N–H and O–H groups in total. The monoisotopic (exact) mass is 466 g/mol. The summed E-state index contributed by atoms with van der Waals surface area (Å²) in [5.41, 5.74) is 6.40. The summed E-state index contributed by atoms with van der Waals surface area (Å²) in [6.45, 7) is 9.27. The molecule has 3 heteroatoms. The van der Waals surface area contributed by atoms with Crippen LogP contribution in [0.4, 0.5) is 0 Å². The Labute approximate surface area is 200 Å². The average molecular weight is 467 g/mol. The zero-order valence-electron chi connectivity index (χ0n) is 19.9. The molecule has 0 nitrogen and oxygen atoms in total. The summed E-state index contributed by atoms with van der Waals surface area (Å²) in [5, 5.41) is 4.56. The number of hydrogen-bond donors (Lipinski definition) is 0. The second-order valence-corrected chi connectivity index (χ2v) is 13.3. The van der Waals surface area contributed by atoms with Crippen LogP contribution < -0.4 is 15.6 Å². The molecule has 4 rings (SSSR count). The second-order valence-electron chi connectivity index (χ2n) is 8.77. The molecule has 0 saturated heterocycles. The van der Waals surface area contributed by atoms with Gasteiger partial charge < -0.3 is 0 Å². The molecule has 4 aromatic carbocycles. The number of aryl methyl sites for hydroxylation is 1. The first-order chi connectivity index (χ1) is 15.6. The molecule has 0 aromatic heterocycles. The predicted octanol–water partition coefficient (Wildman–Crippen LogP) is 2.90. The average Bonchev–Trinajstić information content (AvgIpc) is 2.86. The minimum Gasteiger partial charge on any atom is -0.0708 e. The highest BCUT2D eigenvalue weighted by Gasteiger charge is 2.38. The summed E-state index contributed by atoms with van der Waals surface area (Å²) >= 11 is 0. The third-order valence-electron chi connectivity index (χ3n) is 6.87. The van der Waals surface area contributed by atoms with Gasteiger partial charge in [0.1, 0.15) is 0 Å². The van der Waals surface area contributed by atoms with Crippen LogP contribution in [0.5, 0.6) is 0 Å². The van der Waals surface area contributed by atoms with Crippen molar-refractivity contribution < 1.29 is 0 Å². The first-order valence-corrected chi connectivity index (χ1v) is 18.3. The molecule has 162 valence electrons. The molecule has 0 aliphatic carbocycles. The summed E-state index contributed by atoms with van der Waals surface area (Å²) < 4.78 is 0. The van der Waals surface area contributed by atoms with Crippen molar-refractivity contribution in [1.82, 2.24) is 0 Å². The van der Waals surface area contributed by atoms with E-state index < -0.39 is 0 Å². The molecular weight excluding hydrogens is 433 g/mol. The lowest BCUT2D eigenvalue weighted by Crippen LogP contribution is -2.32. The van der Waals surface area contributed by atoms with Crippen molar-refractivity contribution in [2.75, 3.05) is 0 Å². The first kappa shape index (κ1) is 22.7. The summed E-state index contributed by atoms with van der Waals surface area (Å²) in [5.74, 6) is 0. The molecule has 0 spiro atoms. The van der Waals surface area contributed by atoms with Gasteiger partial charge in [-0.3, -0.25) is 0 Å². The molecule has 0 heterocycles. The van der Waals surface area contributed by atoms with E-state index in [1.165, 1.54) is 43.4 Å². The van der Waals surface area contributed by atoms with Crippen LogP contribution in [-0.4, -0.2) is 28.6 Å². The zero-order valence-corrected chi connectivity index (χ0v) is 24.1. The molecule has 0 amide bonds. The third-order valence-corrected chi connectivity index (χ3v) is 10.7. The lowest BCUT2D eigenvalue weighted by molar-refractivity contribution is 0.745. The lowest BCUT2D eigenvalue weighted by Gasteiger charge is -2.37. The molecule has 0 bridgehead atoms. The SMILES string of the molecule is C[SiH2]c1ccc(C(c2ccc(C)cc2)(c2ccc([SiH2]C)cc2)c2ccc([SiH2]C)cc2)cc1. The fourth-order valence-electron chi connectivity index (χ4n) is 4.77. The molecule has 0 radical (unpaired) electrons. The Balaban J connectivity index is 2.06. The van der Waals surface area contributed by atoms with E-state index in [4.69, 9.17) is 0 Å². The molecule has 0 aliphatic rings. The van der Waals surface area contributed by atoms with E-state index in [0.29, 0.717) is 0 Å². The van der Waals surface area contributed by atoms with E-state index >= 15 is 0 Å². The van der Waals surface area contributed by atoms with Gasteiger partial charge in [0.05, 0.1) is 34.0 Å². The predicted molar refractivity (Wildman–Crippen MR) is 152 cm³/mol. The van der Waals surface area contributed by atoms with Crippen LogP contribution in [0.3, 0.4) is 0 Å². The van der Waals surface area contributed by atoms with Gasteiger partial charge in [-0.25, -0.2) is 0 Å². The van der Waals surface area contributed by atoms with E-state index in [-0.39, 0.29) is 34.0 Å². The maximum absolute atomic E-state index is 2.39. The fraction of sp³-hybridized carbons (Fsp3) is 0.172. The molecule has 0 fully saturated rings. The van der Waals surface area contributed by atoms with Crippen LogP contribution in [0.25, 0.3) is 0 Å². The van der Waals surface area contributed by atoms with E-state index in [2.05, 4.69) is 124 Å². The molecule has 0 unspecified atom stereocenters. The van der Waals surface area contributed by atoms with Gasteiger partial charge >= 0.3 is 0 Å². The summed E-state index contributed by atoms with van der Waals surface area (Å²) in [6, 6.07) is 37.7. The van der Waals surface area contributed by atoms with Crippen LogP contribution in [0, 0.1) is 6.92 Å². The van der Waals surface area contributed by atoms with Gasteiger partial charge in [0.2, 0.25) is 0 Å². The molecule has 0 atom stereocenters. The summed E-state index contributed by atoms with van der Waals surface area (Å²) in [6.07, 6.45) is 0. The van der Waals surface area contributed by atoms with Crippen molar-refractivity contribution in [3.8, 4) is 0 Å². The molecule has 32 heavy (non-hydrogen) atoms. The van der Waals surface area contributed by atoms with Crippen molar-refractivity contribution in [2.24, 2.45) is 0 Å². The zero-order chi connectivity index (χ0) is 22.6. The van der Waals surface area contributed by atoms with Gasteiger partial charge in [0.25, 0.3) is 0 Å². The minimum atomic E-state index is -0.316. The molecule has 0 aliphatic heterocycles. The normalized spacial score (nSPS) is 14.1. The highest BCUT2D eigenvalue weighted by Crippen LogP contribution is 2.44. The van der Waals surface area contributed by atoms with Crippen molar-refractivity contribution in [1.29, 1.82) is 0 Å². The lowest BCUT2D eigenvalue weighted by atomic mass is 9.65.